The van der Waals surface area contributed by atoms with Crippen molar-refractivity contribution in [1.82, 2.24) is 0 Å². The zero-order chi connectivity index (χ0) is 41.1. The fourth-order valence-electron chi connectivity index (χ4n) is 5.18. The van der Waals surface area contributed by atoms with Crippen LogP contribution in [0.15, 0.2) is 0 Å². The standard InChI is InChI=1S/C42H85NO14/c1-2-3-4-5-6-7-8-9-10-11-12-13-14-15-42(44)57-41-40-56-39-38-55-37-36-54-35-34-53-33-32-52-31-30-51-29-28-50-27-26-49-25-24-48-23-22-47-21-20-46-19-18-45-17-16-43/h2-41,43H2,1H3. The Morgan fingerprint density at radius 1 is 0.298 bits per heavy atom. The summed E-state index contributed by atoms with van der Waals surface area (Å²) in [7, 11) is 0. The summed E-state index contributed by atoms with van der Waals surface area (Å²) in [4.78, 5) is 11.9. The lowest BCUT2D eigenvalue weighted by molar-refractivity contribution is -0.145. The Hall–Kier alpha value is -1.05. The highest BCUT2D eigenvalue weighted by Crippen LogP contribution is 2.13. The SMILES string of the molecule is CCCCCCCCCCCCCCCC(=O)OCCOCCOCCOCCOCCOCCOCCOCCOCCOCCOCCOCCOCCN. The summed E-state index contributed by atoms with van der Waals surface area (Å²) >= 11 is 0. The molecule has 57 heavy (non-hydrogen) atoms. The average molecular weight is 828 g/mol. The zero-order valence-electron chi connectivity index (χ0n) is 36.1. The van der Waals surface area contributed by atoms with E-state index in [9.17, 15) is 4.79 Å². The van der Waals surface area contributed by atoms with Crippen molar-refractivity contribution >= 4 is 5.97 Å². The van der Waals surface area contributed by atoms with E-state index < -0.39 is 0 Å². The normalized spacial score (nSPS) is 11.5. The van der Waals surface area contributed by atoms with Crippen LogP contribution >= 0.6 is 0 Å². The third-order valence-corrected chi connectivity index (χ3v) is 8.33. The molecule has 0 amide bonds. The number of nitrogens with two attached hydrogens (primary N) is 1. The molecule has 0 heterocycles. The molecular weight excluding hydrogens is 742 g/mol. The van der Waals surface area contributed by atoms with Gasteiger partial charge in [-0.2, -0.15) is 0 Å². The molecule has 0 aliphatic carbocycles. The van der Waals surface area contributed by atoms with Gasteiger partial charge in [-0.25, -0.2) is 0 Å². The van der Waals surface area contributed by atoms with Crippen molar-refractivity contribution in [3.63, 3.8) is 0 Å². The maximum absolute atomic E-state index is 11.9. The molecule has 0 saturated carbocycles. The average Bonchev–Trinajstić information content (AvgIpc) is 3.22. The Morgan fingerprint density at radius 2 is 0.509 bits per heavy atom. The Bertz CT molecular complexity index is 743. The van der Waals surface area contributed by atoms with E-state index in [4.69, 9.17) is 67.3 Å². The molecule has 0 radical (unpaired) electrons. The first-order chi connectivity index (χ1) is 28.3. The Balaban J connectivity index is 3.12. The van der Waals surface area contributed by atoms with Gasteiger partial charge in [0.1, 0.15) is 6.61 Å². The zero-order valence-corrected chi connectivity index (χ0v) is 36.1. The van der Waals surface area contributed by atoms with Gasteiger partial charge in [-0.1, -0.05) is 84.0 Å². The van der Waals surface area contributed by atoms with Crippen molar-refractivity contribution in [3.05, 3.63) is 0 Å². The molecule has 0 aromatic carbocycles. The monoisotopic (exact) mass is 828 g/mol. The summed E-state index contributed by atoms with van der Waals surface area (Å²) in [6, 6.07) is 0. The molecule has 0 fully saturated rings. The first kappa shape index (κ1) is 55.9. The highest BCUT2D eigenvalue weighted by atomic mass is 16.6. The smallest absolute Gasteiger partial charge is 0.305 e. The third-order valence-electron chi connectivity index (χ3n) is 8.33. The number of carbonyl (C=O) groups excluding carboxylic acids is 1. The lowest BCUT2D eigenvalue weighted by Gasteiger charge is -2.09. The van der Waals surface area contributed by atoms with Gasteiger partial charge in [-0.15, -0.1) is 0 Å². The topological polar surface area (TPSA) is 163 Å². The van der Waals surface area contributed by atoms with Crippen LogP contribution < -0.4 is 5.73 Å². The molecule has 0 unspecified atom stereocenters. The van der Waals surface area contributed by atoms with E-state index in [0.717, 1.165) is 12.8 Å². The molecule has 0 aliphatic heterocycles. The molecule has 0 rings (SSSR count). The first-order valence-electron chi connectivity index (χ1n) is 22.1. The molecule has 0 saturated heterocycles. The predicted octanol–water partition coefficient (Wildman–Crippen LogP) is 5.17. The number of rotatable bonds is 52. The molecule has 0 bridgehead atoms. The van der Waals surface area contributed by atoms with Crippen molar-refractivity contribution in [1.29, 1.82) is 0 Å². The number of unbranched alkanes of at least 4 members (excludes halogenated alkanes) is 12. The van der Waals surface area contributed by atoms with Crippen LogP contribution in [0.2, 0.25) is 0 Å². The van der Waals surface area contributed by atoms with Gasteiger partial charge in [-0.05, 0) is 6.42 Å². The van der Waals surface area contributed by atoms with Crippen LogP contribution in [0, 0.1) is 0 Å². The van der Waals surface area contributed by atoms with Gasteiger partial charge < -0.3 is 67.3 Å². The lowest BCUT2D eigenvalue weighted by Crippen LogP contribution is -2.16. The van der Waals surface area contributed by atoms with Crippen LogP contribution in [-0.2, 0) is 66.4 Å². The molecular formula is C42H85NO14. The van der Waals surface area contributed by atoms with Crippen LogP contribution in [-0.4, -0.2) is 178 Å². The second-order valence-electron chi connectivity index (χ2n) is 13.4. The maximum atomic E-state index is 11.9. The number of carbonyl (C=O) groups is 1. The first-order valence-corrected chi connectivity index (χ1v) is 22.1. The summed E-state index contributed by atoms with van der Waals surface area (Å²) in [5, 5.41) is 0. The Kier molecular flexibility index (Phi) is 52.0. The van der Waals surface area contributed by atoms with Gasteiger partial charge in [0.25, 0.3) is 0 Å². The third kappa shape index (κ3) is 52.9. The summed E-state index contributed by atoms with van der Waals surface area (Å²) in [6.45, 7) is 15.1. The minimum atomic E-state index is -0.133. The fourth-order valence-corrected chi connectivity index (χ4v) is 5.18. The Morgan fingerprint density at radius 3 is 0.754 bits per heavy atom. The van der Waals surface area contributed by atoms with E-state index in [1.807, 2.05) is 0 Å². The minimum Gasteiger partial charge on any atom is -0.463 e. The van der Waals surface area contributed by atoms with Gasteiger partial charge in [0.05, 0.1) is 159 Å². The van der Waals surface area contributed by atoms with E-state index in [0.29, 0.717) is 172 Å². The quantitative estimate of drug-likeness (QED) is 0.0631. The maximum Gasteiger partial charge on any atom is 0.305 e. The highest BCUT2D eigenvalue weighted by molar-refractivity contribution is 5.69. The lowest BCUT2D eigenvalue weighted by atomic mass is 10.0. The van der Waals surface area contributed by atoms with Crippen LogP contribution in [0.4, 0.5) is 0 Å². The molecule has 15 heteroatoms. The fraction of sp³-hybridized carbons (Fsp3) is 0.976. The van der Waals surface area contributed by atoms with Crippen molar-refractivity contribution in [3.8, 4) is 0 Å². The van der Waals surface area contributed by atoms with E-state index in [1.54, 1.807) is 0 Å². The van der Waals surface area contributed by atoms with Gasteiger partial charge in [-0.3, -0.25) is 4.79 Å². The summed E-state index contributed by atoms with van der Waals surface area (Å²) in [5.74, 6) is -0.133. The number of hydrogen-bond acceptors (Lipinski definition) is 15. The van der Waals surface area contributed by atoms with Gasteiger partial charge in [0.2, 0.25) is 0 Å². The predicted molar refractivity (Wildman–Crippen MR) is 220 cm³/mol. The van der Waals surface area contributed by atoms with E-state index in [1.165, 1.54) is 70.6 Å². The van der Waals surface area contributed by atoms with Crippen LogP contribution in [0.5, 0.6) is 0 Å². The summed E-state index contributed by atoms with van der Waals surface area (Å²) in [6.07, 6.45) is 17.3. The van der Waals surface area contributed by atoms with E-state index in [-0.39, 0.29) is 12.6 Å². The molecule has 0 aromatic rings. The molecule has 15 nitrogen and oxygen atoms in total. The molecule has 342 valence electrons. The highest BCUT2D eigenvalue weighted by Gasteiger charge is 2.03. The van der Waals surface area contributed by atoms with Crippen LogP contribution in [0.3, 0.4) is 0 Å². The summed E-state index contributed by atoms with van der Waals surface area (Å²) < 4.78 is 70.7. The number of hydrogen-bond donors (Lipinski definition) is 1. The molecule has 2 N–H and O–H groups in total. The minimum absolute atomic E-state index is 0.133. The number of esters is 1. The van der Waals surface area contributed by atoms with Crippen molar-refractivity contribution in [2.75, 3.05) is 172 Å². The second kappa shape index (κ2) is 53.0. The van der Waals surface area contributed by atoms with Crippen molar-refractivity contribution < 1.29 is 66.4 Å². The van der Waals surface area contributed by atoms with Crippen LogP contribution in [0.25, 0.3) is 0 Å². The second-order valence-corrected chi connectivity index (χ2v) is 13.4. The summed E-state index contributed by atoms with van der Waals surface area (Å²) in [5.41, 5.74) is 5.34. The Labute approximate surface area is 346 Å². The van der Waals surface area contributed by atoms with Gasteiger partial charge in [0, 0.05) is 13.0 Å². The molecule has 0 atom stereocenters. The number of ether oxygens (including phenoxy) is 13. The van der Waals surface area contributed by atoms with Crippen LogP contribution in [0.1, 0.15) is 96.8 Å². The largest absolute Gasteiger partial charge is 0.463 e. The van der Waals surface area contributed by atoms with Crippen molar-refractivity contribution in [2.24, 2.45) is 5.73 Å². The van der Waals surface area contributed by atoms with E-state index >= 15 is 0 Å². The molecule has 0 aliphatic rings. The van der Waals surface area contributed by atoms with E-state index in [2.05, 4.69) is 6.92 Å². The van der Waals surface area contributed by atoms with Crippen molar-refractivity contribution in [2.45, 2.75) is 96.8 Å². The molecule has 0 aromatic heterocycles. The molecule has 0 spiro atoms. The van der Waals surface area contributed by atoms with Gasteiger partial charge >= 0.3 is 5.97 Å². The van der Waals surface area contributed by atoms with Gasteiger partial charge in [0.15, 0.2) is 0 Å².